The van der Waals surface area contributed by atoms with Gasteiger partial charge in [-0.1, -0.05) is 0 Å². The Bertz CT molecular complexity index is 279. The molecule has 2 N–H and O–H groups in total. The van der Waals surface area contributed by atoms with Crippen molar-refractivity contribution in [2.24, 2.45) is 0 Å². The maximum atomic E-state index is 10.0. The normalized spacial score (nSPS) is 53.2. The minimum absolute atomic E-state index is 0.251. The van der Waals surface area contributed by atoms with E-state index in [0.717, 1.165) is 0 Å². The Morgan fingerprint density at radius 1 is 1.13 bits per heavy atom. The van der Waals surface area contributed by atoms with Crippen molar-refractivity contribution in [2.75, 3.05) is 6.61 Å². The second-order valence-electron chi connectivity index (χ2n) is 4.94. The summed E-state index contributed by atoms with van der Waals surface area (Å²) >= 11 is 0. The molecule has 5 heteroatoms. The highest BCUT2D eigenvalue weighted by Gasteiger charge is 2.69. The molecule has 0 aromatic rings. The van der Waals surface area contributed by atoms with Crippen molar-refractivity contribution in [3.8, 4) is 0 Å². The lowest BCUT2D eigenvalue weighted by atomic mass is 9.91. The summed E-state index contributed by atoms with van der Waals surface area (Å²) in [5.74, 6) is -1.80. The fourth-order valence-electron chi connectivity index (χ4n) is 2.51. The number of rotatable bonds is 1. The molecule has 2 rings (SSSR count). The molecule has 88 valence electrons. The van der Waals surface area contributed by atoms with Gasteiger partial charge in [0.15, 0.2) is 11.4 Å². The van der Waals surface area contributed by atoms with Crippen LogP contribution in [0.3, 0.4) is 0 Å². The van der Waals surface area contributed by atoms with Crippen LogP contribution in [-0.4, -0.2) is 46.2 Å². The molecule has 0 unspecified atom stereocenters. The molecule has 0 spiro atoms. The highest BCUT2D eigenvalue weighted by atomic mass is 16.9. The van der Waals surface area contributed by atoms with Gasteiger partial charge in [-0.05, 0) is 27.7 Å². The average molecular weight is 218 g/mol. The minimum atomic E-state index is -1.01. The summed E-state index contributed by atoms with van der Waals surface area (Å²) in [7, 11) is 0. The number of hydrogen-bond donors (Lipinski definition) is 2. The summed E-state index contributed by atoms with van der Waals surface area (Å²) in [5, 5.41) is 19.1. The van der Waals surface area contributed by atoms with E-state index in [-0.39, 0.29) is 6.61 Å². The van der Waals surface area contributed by atoms with E-state index in [9.17, 15) is 5.11 Å². The van der Waals surface area contributed by atoms with Crippen molar-refractivity contribution in [1.82, 2.24) is 0 Å². The Morgan fingerprint density at radius 3 is 2.20 bits per heavy atom. The highest BCUT2D eigenvalue weighted by Crippen LogP contribution is 2.52. The zero-order valence-corrected chi connectivity index (χ0v) is 9.48. The van der Waals surface area contributed by atoms with E-state index in [2.05, 4.69) is 0 Å². The second-order valence-corrected chi connectivity index (χ2v) is 4.94. The Labute approximate surface area is 88.9 Å². The molecule has 2 aliphatic rings. The number of aliphatic hydroxyl groups is 2. The number of aliphatic hydroxyl groups excluding tert-OH is 2. The van der Waals surface area contributed by atoms with Crippen LogP contribution in [-0.2, 0) is 14.2 Å². The van der Waals surface area contributed by atoms with E-state index in [4.69, 9.17) is 19.3 Å². The van der Waals surface area contributed by atoms with Crippen LogP contribution in [0.25, 0.3) is 0 Å². The van der Waals surface area contributed by atoms with Gasteiger partial charge < -0.3 is 24.4 Å². The molecule has 0 aromatic heterocycles. The molecule has 2 fully saturated rings. The van der Waals surface area contributed by atoms with E-state index < -0.39 is 29.4 Å². The summed E-state index contributed by atoms with van der Waals surface area (Å²) in [6.45, 7) is 6.75. The molecule has 5 nitrogen and oxygen atoms in total. The first-order chi connectivity index (χ1) is 6.74. The van der Waals surface area contributed by atoms with Crippen molar-refractivity contribution >= 4 is 0 Å². The SMILES string of the molecule is CC1(C)O[C@]2(C)O[C@H](CO)[C@@H](O)[C@]2(C)O1. The predicted molar refractivity (Wildman–Crippen MR) is 51.0 cm³/mol. The van der Waals surface area contributed by atoms with Crippen LogP contribution < -0.4 is 0 Å². The van der Waals surface area contributed by atoms with Crippen molar-refractivity contribution in [2.45, 2.75) is 57.1 Å². The third kappa shape index (κ3) is 1.34. The van der Waals surface area contributed by atoms with Gasteiger partial charge in [0.05, 0.1) is 6.61 Å². The van der Waals surface area contributed by atoms with Crippen LogP contribution in [0.1, 0.15) is 27.7 Å². The Morgan fingerprint density at radius 2 is 1.73 bits per heavy atom. The van der Waals surface area contributed by atoms with Gasteiger partial charge in [-0.2, -0.15) is 0 Å². The third-order valence-electron chi connectivity index (χ3n) is 3.27. The molecule has 0 aliphatic carbocycles. The molecule has 0 radical (unpaired) electrons. The Hall–Kier alpha value is -0.200. The lowest BCUT2D eigenvalue weighted by Crippen LogP contribution is -2.50. The van der Waals surface area contributed by atoms with Gasteiger partial charge >= 0.3 is 0 Å². The van der Waals surface area contributed by atoms with Crippen LogP contribution >= 0.6 is 0 Å². The van der Waals surface area contributed by atoms with Gasteiger partial charge in [-0.15, -0.1) is 0 Å². The van der Waals surface area contributed by atoms with E-state index in [0.29, 0.717) is 0 Å². The molecule has 4 atom stereocenters. The van der Waals surface area contributed by atoms with Crippen LogP contribution in [0.2, 0.25) is 0 Å². The van der Waals surface area contributed by atoms with E-state index >= 15 is 0 Å². The predicted octanol–water partition coefficient (Wildman–Crippen LogP) is -0.00380. The van der Waals surface area contributed by atoms with Gasteiger partial charge in [0.25, 0.3) is 0 Å². The molecule has 0 saturated carbocycles. The average Bonchev–Trinajstić information content (AvgIpc) is 2.37. The summed E-state index contributed by atoms with van der Waals surface area (Å²) < 4.78 is 16.9. The Kier molecular flexibility index (Phi) is 2.20. The highest BCUT2D eigenvalue weighted by molar-refractivity contribution is 5.09. The van der Waals surface area contributed by atoms with Crippen LogP contribution in [0.4, 0.5) is 0 Å². The lowest BCUT2D eigenvalue weighted by molar-refractivity contribution is -0.258. The summed E-state index contributed by atoms with van der Waals surface area (Å²) in [5.41, 5.74) is -0.941. The zero-order chi connectivity index (χ0) is 11.5. The fourth-order valence-corrected chi connectivity index (χ4v) is 2.51. The zero-order valence-electron chi connectivity index (χ0n) is 9.48. The first-order valence-corrected chi connectivity index (χ1v) is 5.11. The molecule has 0 aromatic carbocycles. The van der Waals surface area contributed by atoms with E-state index in [1.165, 1.54) is 0 Å². The van der Waals surface area contributed by atoms with Gasteiger partial charge in [0, 0.05) is 0 Å². The number of ether oxygens (including phenoxy) is 3. The maximum Gasteiger partial charge on any atom is 0.200 e. The molecule has 15 heavy (non-hydrogen) atoms. The van der Waals surface area contributed by atoms with Gasteiger partial charge in [-0.25, -0.2) is 0 Å². The van der Waals surface area contributed by atoms with Crippen LogP contribution in [0.15, 0.2) is 0 Å². The fraction of sp³-hybridized carbons (Fsp3) is 1.00. The molecule has 2 saturated heterocycles. The maximum absolute atomic E-state index is 10.0. The van der Waals surface area contributed by atoms with E-state index in [1.54, 1.807) is 27.7 Å². The van der Waals surface area contributed by atoms with E-state index in [1.807, 2.05) is 0 Å². The summed E-state index contributed by atoms with van der Waals surface area (Å²) in [6.07, 6.45) is -1.55. The molecule has 2 heterocycles. The molecule has 0 amide bonds. The lowest BCUT2D eigenvalue weighted by Gasteiger charge is -2.30. The van der Waals surface area contributed by atoms with Crippen molar-refractivity contribution in [3.05, 3.63) is 0 Å². The molecule has 2 aliphatic heterocycles. The second kappa shape index (κ2) is 2.93. The largest absolute Gasteiger partial charge is 0.394 e. The third-order valence-corrected chi connectivity index (χ3v) is 3.27. The van der Waals surface area contributed by atoms with Gasteiger partial charge in [0.1, 0.15) is 12.2 Å². The quantitative estimate of drug-likeness (QED) is 0.648. The van der Waals surface area contributed by atoms with Crippen molar-refractivity contribution in [1.29, 1.82) is 0 Å². The van der Waals surface area contributed by atoms with Crippen molar-refractivity contribution in [3.63, 3.8) is 0 Å². The number of hydrogen-bond acceptors (Lipinski definition) is 5. The van der Waals surface area contributed by atoms with Gasteiger partial charge in [-0.3, -0.25) is 0 Å². The topological polar surface area (TPSA) is 68.2 Å². The molecular weight excluding hydrogens is 200 g/mol. The monoisotopic (exact) mass is 218 g/mol. The van der Waals surface area contributed by atoms with Crippen LogP contribution in [0, 0.1) is 0 Å². The standard InChI is InChI=1S/C10H18O5/c1-8(2)14-9(3)7(12)6(5-11)13-10(9,4)15-8/h6-7,11-12H,5H2,1-4H3/t6-,7-,9+,10+/m1/s1. The van der Waals surface area contributed by atoms with Crippen LogP contribution in [0.5, 0.6) is 0 Å². The number of fused-ring (bicyclic) bond motifs is 1. The minimum Gasteiger partial charge on any atom is -0.394 e. The summed E-state index contributed by atoms with van der Waals surface area (Å²) in [6, 6.07) is 0. The summed E-state index contributed by atoms with van der Waals surface area (Å²) in [4.78, 5) is 0. The van der Waals surface area contributed by atoms with Gasteiger partial charge in [0.2, 0.25) is 5.79 Å². The first-order valence-electron chi connectivity index (χ1n) is 5.11. The first kappa shape index (κ1) is 11.3. The van der Waals surface area contributed by atoms with Crippen molar-refractivity contribution < 1.29 is 24.4 Å². The molecular formula is C10H18O5. The molecule has 0 bridgehead atoms. The smallest absolute Gasteiger partial charge is 0.200 e. The Balaban J connectivity index is 2.34.